The molecule has 4 nitrogen and oxygen atoms in total. The van der Waals surface area contributed by atoms with Crippen molar-refractivity contribution in [1.82, 2.24) is 4.72 Å². The molecule has 1 saturated carbocycles. The molecule has 118 valence electrons. The zero-order chi connectivity index (χ0) is 15.8. The van der Waals surface area contributed by atoms with Crippen LogP contribution in [0.5, 0.6) is 0 Å². The SMILES string of the molecule is CC1(C)CCCC(NS(=O)(=O)c2c(Br)cc(N)cc2Br)C1. The van der Waals surface area contributed by atoms with Gasteiger partial charge in [-0.05, 0) is 68.7 Å². The summed E-state index contributed by atoms with van der Waals surface area (Å²) in [6, 6.07) is 3.18. The molecule has 21 heavy (non-hydrogen) atoms. The molecule has 0 amide bonds. The lowest BCUT2D eigenvalue weighted by molar-refractivity contribution is 0.212. The molecule has 3 N–H and O–H groups in total. The van der Waals surface area contributed by atoms with Crippen LogP contribution in [0.4, 0.5) is 5.69 Å². The molecule has 0 radical (unpaired) electrons. The van der Waals surface area contributed by atoms with Crippen LogP contribution >= 0.6 is 31.9 Å². The number of halogens is 2. The van der Waals surface area contributed by atoms with Crippen LogP contribution in [-0.4, -0.2) is 14.5 Å². The van der Waals surface area contributed by atoms with Gasteiger partial charge in [-0.25, -0.2) is 13.1 Å². The van der Waals surface area contributed by atoms with Gasteiger partial charge in [-0.15, -0.1) is 0 Å². The lowest BCUT2D eigenvalue weighted by atomic mass is 9.75. The molecule has 0 heterocycles. The van der Waals surface area contributed by atoms with Crippen LogP contribution in [-0.2, 0) is 10.0 Å². The van der Waals surface area contributed by atoms with Crippen molar-refractivity contribution in [3.05, 3.63) is 21.1 Å². The second-order valence-electron chi connectivity index (χ2n) is 6.39. The zero-order valence-electron chi connectivity index (χ0n) is 12.1. The van der Waals surface area contributed by atoms with Crippen molar-refractivity contribution >= 4 is 47.6 Å². The van der Waals surface area contributed by atoms with E-state index < -0.39 is 10.0 Å². The zero-order valence-corrected chi connectivity index (χ0v) is 16.1. The van der Waals surface area contributed by atoms with Crippen molar-refractivity contribution < 1.29 is 8.42 Å². The number of benzene rings is 1. The standard InChI is InChI=1S/C14H20Br2N2O2S/c1-14(2)5-3-4-10(8-14)18-21(19,20)13-11(15)6-9(17)7-12(13)16/h6-7,10,18H,3-5,8,17H2,1-2H3. The van der Waals surface area contributed by atoms with Crippen molar-refractivity contribution in [1.29, 1.82) is 0 Å². The van der Waals surface area contributed by atoms with E-state index in [1.165, 1.54) is 0 Å². The first kappa shape index (κ1) is 17.2. The molecule has 1 aromatic rings. The predicted octanol–water partition coefficient (Wildman–Crippen LogP) is 4.04. The van der Waals surface area contributed by atoms with Gasteiger partial charge in [0.25, 0.3) is 0 Å². The number of nitrogen functional groups attached to an aromatic ring is 1. The van der Waals surface area contributed by atoms with E-state index in [9.17, 15) is 8.42 Å². The number of nitrogens with one attached hydrogen (secondary N) is 1. The number of hydrogen-bond acceptors (Lipinski definition) is 3. The summed E-state index contributed by atoms with van der Waals surface area (Å²) in [7, 11) is -3.59. The van der Waals surface area contributed by atoms with E-state index in [-0.39, 0.29) is 16.4 Å². The van der Waals surface area contributed by atoms with E-state index in [4.69, 9.17) is 5.73 Å². The number of rotatable bonds is 3. The van der Waals surface area contributed by atoms with Crippen LogP contribution in [0, 0.1) is 5.41 Å². The minimum absolute atomic E-state index is 0.0184. The normalized spacial score (nSPS) is 22.2. The Morgan fingerprint density at radius 2 is 1.86 bits per heavy atom. The Hall–Kier alpha value is -0.110. The van der Waals surface area contributed by atoms with Crippen molar-refractivity contribution in [2.75, 3.05) is 5.73 Å². The first-order valence-electron chi connectivity index (χ1n) is 6.88. The molecule has 0 spiro atoms. The van der Waals surface area contributed by atoms with Crippen molar-refractivity contribution in [3.8, 4) is 0 Å². The molecule has 0 aliphatic heterocycles. The molecular formula is C14H20Br2N2O2S. The van der Waals surface area contributed by atoms with Gasteiger partial charge < -0.3 is 5.73 Å². The van der Waals surface area contributed by atoms with Crippen LogP contribution in [0.15, 0.2) is 26.0 Å². The first-order chi connectivity index (χ1) is 9.61. The second-order valence-corrected chi connectivity index (χ2v) is 9.75. The van der Waals surface area contributed by atoms with Crippen LogP contribution in [0.1, 0.15) is 39.5 Å². The molecule has 0 saturated heterocycles. The number of sulfonamides is 1. The fourth-order valence-corrected chi connectivity index (χ4v) is 6.80. The van der Waals surface area contributed by atoms with Gasteiger partial charge in [-0.1, -0.05) is 20.3 Å². The first-order valence-corrected chi connectivity index (χ1v) is 9.94. The minimum Gasteiger partial charge on any atom is -0.399 e. The summed E-state index contributed by atoms with van der Waals surface area (Å²) in [4.78, 5) is 0.208. The van der Waals surface area contributed by atoms with Gasteiger partial charge in [-0.2, -0.15) is 0 Å². The molecule has 1 atom stereocenters. The number of nitrogens with two attached hydrogens (primary N) is 1. The highest BCUT2D eigenvalue weighted by Crippen LogP contribution is 2.37. The number of anilines is 1. The Balaban J connectivity index is 2.27. The van der Waals surface area contributed by atoms with Gasteiger partial charge in [0, 0.05) is 20.7 Å². The Kier molecular flexibility index (Phi) is 5.08. The monoisotopic (exact) mass is 438 g/mol. The molecule has 1 aliphatic rings. The average Bonchev–Trinajstić information content (AvgIpc) is 2.23. The van der Waals surface area contributed by atoms with E-state index in [1.54, 1.807) is 12.1 Å². The lowest BCUT2D eigenvalue weighted by Crippen LogP contribution is -2.40. The molecule has 1 aliphatic carbocycles. The van der Waals surface area contributed by atoms with Gasteiger partial charge >= 0.3 is 0 Å². The smallest absolute Gasteiger partial charge is 0.243 e. The lowest BCUT2D eigenvalue weighted by Gasteiger charge is -2.35. The Morgan fingerprint density at radius 1 is 1.29 bits per heavy atom. The average molecular weight is 440 g/mol. The summed E-state index contributed by atoms with van der Waals surface area (Å²) in [6.07, 6.45) is 3.92. The van der Waals surface area contributed by atoms with Crippen LogP contribution in [0.25, 0.3) is 0 Å². The summed E-state index contributed by atoms with van der Waals surface area (Å²) in [5, 5.41) is 0. The highest BCUT2D eigenvalue weighted by atomic mass is 79.9. The van der Waals surface area contributed by atoms with E-state index in [1.807, 2.05) is 0 Å². The van der Waals surface area contributed by atoms with Crippen LogP contribution in [0.3, 0.4) is 0 Å². The van der Waals surface area contributed by atoms with Gasteiger partial charge in [0.1, 0.15) is 4.90 Å². The van der Waals surface area contributed by atoms with Crippen molar-refractivity contribution in [2.24, 2.45) is 5.41 Å². The highest BCUT2D eigenvalue weighted by Gasteiger charge is 2.32. The third-order valence-corrected chi connectivity index (χ3v) is 7.21. The summed E-state index contributed by atoms with van der Waals surface area (Å²) < 4.78 is 29.1. The predicted molar refractivity (Wildman–Crippen MR) is 92.6 cm³/mol. The maximum absolute atomic E-state index is 12.7. The number of hydrogen-bond donors (Lipinski definition) is 2. The van der Waals surface area contributed by atoms with Gasteiger partial charge in [0.05, 0.1) is 0 Å². The third kappa shape index (κ3) is 4.21. The van der Waals surface area contributed by atoms with Crippen molar-refractivity contribution in [3.63, 3.8) is 0 Å². The van der Waals surface area contributed by atoms with Crippen LogP contribution < -0.4 is 10.5 Å². The third-order valence-electron chi connectivity index (χ3n) is 3.82. The molecule has 2 rings (SSSR count). The van der Waals surface area contributed by atoms with Crippen LogP contribution in [0.2, 0.25) is 0 Å². The van der Waals surface area contributed by atoms with Crippen molar-refractivity contribution in [2.45, 2.75) is 50.5 Å². The quantitative estimate of drug-likeness (QED) is 0.698. The molecular weight excluding hydrogens is 420 g/mol. The summed E-state index contributed by atoms with van der Waals surface area (Å²) in [5.41, 5.74) is 6.40. The molecule has 1 unspecified atom stereocenters. The maximum Gasteiger partial charge on any atom is 0.243 e. The summed E-state index contributed by atoms with van der Waals surface area (Å²) >= 11 is 6.58. The van der Waals surface area contributed by atoms with E-state index in [0.717, 1.165) is 25.7 Å². The fraction of sp³-hybridized carbons (Fsp3) is 0.571. The molecule has 0 aromatic heterocycles. The minimum atomic E-state index is -3.59. The molecule has 1 aromatic carbocycles. The summed E-state index contributed by atoms with van der Waals surface area (Å²) in [6.45, 7) is 4.37. The van der Waals surface area contributed by atoms with E-state index >= 15 is 0 Å². The van der Waals surface area contributed by atoms with Gasteiger partial charge in [-0.3, -0.25) is 0 Å². The molecule has 0 bridgehead atoms. The molecule has 1 fully saturated rings. The maximum atomic E-state index is 12.7. The Labute approximate surface area is 143 Å². The van der Waals surface area contributed by atoms with Gasteiger partial charge in [0.15, 0.2) is 0 Å². The molecule has 7 heteroatoms. The van der Waals surface area contributed by atoms with E-state index in [0.29, 0.717) is 14.6 Å². The largest absolute Gasteiger partial charge is 0.399 e. The highest BCUT2D eigenvalue weighted by molar-refractivity contribution is 9.11. The second kappa shape index (κ2) is 6.18. The topological polar surface area (TPSA) is 72.2 Å². The Bertz CT molecular complexity index is 621. The summed E-state index contributed by atoms with van der Waals surface area (Å²) in [5.74, 6) is 0. The Morgan fingerprint density at radius 3 is 2.38 bits per heavy atom. The fourth-order valence-electron chi connectivity index (χ4n) is 2.91. The van der Waals surface area contributed by atoms with Gasteiger partial charge in [0.2, 0.25) is 10.0 Å². The van der Waals surface area contributed by atoms with E-state index in [2.05, 4.69) is 50.4 Å².